The summed E-state index contributed by atoms with van der Waals surface area (Å²) in [6.45, 7) is 1.19. The minimum atomic E-state index is -0.502. The van der Waals surface area contributed by atoms with Crippen LogP contribution in [0, 0.1) is 0 Å². The molecule has 4 nitrogen and oxygen atoms in total. The summed E-state index contributed by atoms with van der Waals surface area (Å²) < 4.78 is 0. The van der Waals surface area contributed by atoms with Crippen LogP contribution in [0.4, 0.5) is 0 Å². The van der Waals surface area contributed by atoms with Gasteiger partial charge in [-0.2, -0.15) is 0 Å². The van der Waals surface area contributed by atoms with Crippen molar-refractivity contribution < 1.29 is 9.90 Å². The Bertz CT molecular complexity index is 414. The number of likely N-dealkylation sites (tertiary alicyclic amines) is 1. The lowest BCUT2D eigenvalue weighted by atomic mass is 10.0. The number of amides is 1. The van der Waals surface area contributed by atoms with Gasteiger partial charge in [-0.1, -0.05) is 30.3 Å². The van der Waals surface area contributed by atoms with E-state index in [4.69, 9.17) is 5.73 Å². The second-order valence-electron chi connectivity index (χ2n) is 5.08. The van der Waals surface area contributed by atoms with E-state index in [1.165, 1.54) is 0 Å². The van der Waals surface area contributed by atoms with Crippen LogP contribution >= 0.6 is 12.4 Å². The molecule has 0 radical (unpaired) electrons. The normalized spacial score (nSPS) is 19.5. The summed E-state index contributed by atoms with van der Waals surface area (Å²) in [6.07, 6.45) is 2.50. The SMILES string of the molecule is Cl.NCCC(=O)N1CCCC1CC(O)c1ccccc1. The van der Waals surface area contributed by atoms with Crippen molar-refractivity contribution in [1.29, 1.82) is 0 Å². The number of benzene rings is 1. The Morgan fingerprint density at radius 2 is 2.10 bits per heavy atom. The number of rotatable bonds is 5. The van der Waals surface area contributed by atoms with Crippen LogP contribution < -0.4 is 5.73 Å². The summed E-state index contributed by atoms with van der Waals surface area (Å²) in [5.74, 6) is 0.116. The topological polar surface area (TPSA) is 66.6 Å². The standard InChI is InChI=1S/C15H22N2O2.ClH/c16-9-8-15(19)17-10-4-7-13(17)11-14(18)12-5-2-1-3-6-12;/h1-3,5-6,13-14,18H,4,7-11,16H2;1H. The van der Waals surface area contributed by atoms with Crippen LogP contribution in [0.25, 0.3) is 0 Å². The first kappa shape index (κ1) is 17.0. The Morgan fingerprint density at radius 1 is 1.40 bits per heavy atom. The van der Waals surface area contributed by atoms with Crippen LogP contribution in [0.5, 0.6) is 0 Å². The molecule has 0 aromatic heterocycles. The first-order valence-electron chi connectivity index (χ1n) is 6.95. The van der Waals surface area contributed by atoms with Gasteiger partial charge in [0.25, 0.3) is 0 Å². The van der Waals surface area contributed by atoms with Gasteiger partial charge in [-0.25, -0.2) is 0 Å². The zero-order valence-electron chi connectivity index (χ0n) is 11.6. The van der Waals surface area contributed by atoms with Gasteiger partial charge in [0.05, 0.1) is 6.10 Å². The molecule has 0 aliphatic carbocycles. The smallest absolute Gasteiger partial charge is 0.224 e. The zero-order chi connectivity index (χ0) is 13.7. The third-order valence-electron chi connectivity index (χ3n) is 3.74. The van der Waals surface area contributed by atoms with E-state index in [2.05, 4.69) is 0 Å². The molecule has 0 saturated carbocycles. The second kappa shape index (κ2) is 8.25. The first-order chi connectivity index (χ1) is 9.22. The van der Waals surface area contributed by atoms with Crippen LogP contribution in [-0.4, -0.2) is 35.0 Å². The van der Waals surface area contributed by atoms with Crippen molar-refractivity contribution in [1.82, 2.24) is 4.90 Å². The average molecular weight is 299 g/mol. The van der Waals surface area contributed by atoms with E-state index in [9.17, 15) is 9.90 Å². The number of hydrogen-bond acceptors (Lipinski definition) is 3. The molecule has 2 rings (SSSR count). The number of halogens is 1. The summed E-state index contributed by atoms with van der Waals surface area (Å²) in [7, 11) is 0. The minimum absolute atomic E-state index is 0. The molecule has 20 heavy (non-hydrogen) atoms. The van der Waals surface area contributed by atoms with Gasteiger partial charge >= 0.3 is 0 Å². The highest BCUT2D eigenvalue weighted by atomic mass is 35.5. The second-order valence-corrected chi connectivity index (χ2v) is 5.08. The lowest BCUT2D eigenvalue weighted by Gasteiger charge is -2.26. The number of aliphatic hydroxyl groups excluding tert-OH is 1. The Hall–Kier alpha value is -1.10. The lowest BCUT2D eigenvalue weighted by Crippen LogP contribution is -2.37. The molecular weight excluding hydrogens is 276 g/mol. The van der Waals surface area contributed by atoms with Crippen molar-refractivity contribution >= 4 is 18.3 Å². The van der Waals surface area contributed by atoms with Crippen LogP contribution in [0.2, 0.25) is 0 Å². The predicted octanol–water partition coefficient (Wildman–Crippen LogP) is 1.87. The summed E-state index contributed by atoms with van der Waals surface area (Å²) in [5, 5.41) is 10.2. The molecular formula is C15H23ClN2O2. The van der Waals surface area contributed by atoms with Crippen LogP contribution in [0.3, 0.4) is 0 Å². The van der Waals surface area contributed by atoms with Crippen molar-refractivity contribution in [2.45, 2.75) is 37.8 Å². The summed E-state index contributed by atoms with van der Waals surface area (Å²) in [4.78, 5) is 13.8. The number of nitrogens with two attached hydrogens (primary N) is 1. The molecule has 1 saturated heterocycles. The van der Waals surface area contributed by atoms with E-state index >= 15 is 0 Å². The quantitative estimate of drug-likeness (QED) is 0.872. The number of carbonyl (C=O) groups excluding carboxylic acids is 1. The van der Waals surface area contributed by atoms with Gasteiger partial charge in [0, 0.05) is 25.6 Å². The van der Waals surface area contributed by atoms with Gasteiger partial charge < -0.3 is 15.7 Å². The Balaban J connectivity index is 0.00000200. The van der Waals surface area contributed by atoms with Crippen molar-refractivity contribution in [3.8, 4) is 0 Å². The van der Waals surface area contributed by atoms with Gasteiger partial charge in [-0.3, -0.25) is 4.79 Å². The van der Waals surface area contributed by atoms with Crippen LogP contribution in [-0.2, 0) is 4.79 Å². The van der Waals surface area contributed by atoms with E-state index in [0.29, 0.717) is 19.4 Å². The molecule has 3 N–H and O–H groups in total. The molecule has 0 spiro atoms. The van der Waals surface area contributed by atoms with E-state index in [1.54, 1.807) is 0 Å². The molecule has 1 fully saturated rings. The fourth-order valence-electron chi connectivity index (χ4n) is 2.75. The number of carbonyl (C=O) groups is 1. The highest BCUT2D eigenvalue weighted by Gasteiger charge is 2.29. The van der Waals surface area contributed by atoms with Gasteiger partial charge in [0.1, 0.15) is 0 Å². The van der Waals surface area contributed by atoms with Gasteiger partial charge in [0.15, 0.2) is 0 Å². The molecule has 1 aliphatic rings. The summed E-state index contributed by atoms with van der Waals surface area (Å²) >= 11 is 0. The minimum Gasteiger partial charge on any atom is -0.388 e. The Kier molecular flexibility index (Phi) is 6.99. The maximum absolute atomic E-state index is 11.9. The van der Waals surface area contributed by atoms with Crippen molar-refractivity contribution in [3.63, 3.8) is 0 Å². The number of aliphatic hydroxyl groups is 1. The molecule has 1 aliphatic heterocycles. The third-order valence-corrected chi connectivity index (χ3v) is 3.74. The highest BCUT2D eigenvalue weighted by Crippen LogP contribution is 2.27. The largest absolute Gasteiger partial charge is 0.388 e. The third kappa shape index (κ3) is 4.20. The number of nitrogens with zero attached hydrogens (tertiary/aromatic N) is 1. The fourth-order valence-corrected chi connectivity index (χ4v) is 2.75. The van der Waals surface area contributed by atoms with Crippen molar-refractivity contribution in [3.05, 3.63) is 35.9 Å². The molecule has 2 unspecified atom stereocenters. The first-order valence-corrected chi connectivity index (χ1v) is 6.95. The fraction of sp³-hybridized carbons (Fsp3) is 0.533. The molecule has 1 amide bonds. The van der Waals surface area contributed by atoms with Crippen molar-refractivity contribution in [2.24, 2.45) is 5.73 Å². The van der Waals surface area contributed by atoms with Gasteiger partial charge in [0.2, 0.25) is 5.91 Å². The number of hydrogen-bond donors (Lipinski definition) is 2. The molecule has 1 aromatic carbocycles. The van der Waals surface area contributed by atoms with E-state index in [1.807, 2.05) is 35.2 Å². The maximum atomic E-state index is 11.9. The van der Waals surface area contributed by atoms with Gasteiger partial charge in [-0.15, -0.1) is 12.4 Å². The molecule has 5 heteroatoms. The van der Waals surface area contributed by atoms with E-state index in [-0.39, 0.29) is 24.4 Å². The summed E-state index contributed by atoms with van der Waals surface area (Å²) in [6, 6.07) is 9.77. The molecule has 1 aromatic rings. The van der Waals surface area contributed by atoms with Gasteiger partial charge in [-0.05, 0) is 24.8 Å². The van der Waals surface area contributed by atoms with E-state index < -0.39 is 6.10 Å². The highest BCUT2D eigenvalue weighted by molar-refractivity contribution is 5.85. The van der Waals surface area contributed by atoms with E-state index in [0.717, 1.165) is 24.9 Å². The molecule has 112 valence electrons. The predicted molar refractivity (Wildman–Crippen MR) is 81.7 cm³/mol. The average Bonchev–Trinajstić information content (AvgIpc) is 2.88. The Morgan fingerprint density at radius 3 is 2.75 bits per heavy atom. The van der Waals surface area contributed by atoms with Crippen LogP contribution in [0.1, 0.15) is 37.4 Å². The lowest BCUT2D eigenvalue weighted by molar-refractivity contribution is -0.132. The molecule has 1 heterocycles. The summed E-state index contributed by atoms with van der Waals surface area (Å²) in [5.41, 5.74) is 6.36. The zero-order valence-corrected chi connectivity index (χ0v) is 12.4. The monoisotopic (exact) mass is 298 g/mol. The Labute approximate surface area is 126 Å². The molecule has 2 atom stereocenters. The van der Waals surface area contributed by atoms with Crippen molar-refractivity contribution in [2.75, 3.05) is 13.1 Å². The van der Waals surface area contributed by atoms with Crippen LogP contribution in [0.15, 0.2) is 30.3 Å². The maximum Gasteiger partial charge on any atom is 0.224 e. The molecule has 0 bridgehead atoms.